The standard InChI is InChI=1S/C11H15N3O3/c15-10(8-2-1-3-8)12-4-5-14-6-9(11(16)17)13-7-14/h6-8H,1-5H2,(H,12,15)(H,16,17). The molecule has 1 aliphatic carbocycles. The molecule has 0 radical (unpaired) electrons. The Bertz CT molecular complexity index is 423. The second-order valence-electron chi connectivity index (χ2n) is 4.22. The van der Waals surface area contributed by atoms with Crippen molar-refractivity contribution in [2.24, 2.45) is 5.92 Å². The van der Waals surface area contributed by atoms with Crippen LogP contribution in [0.2, 0.25) is 0 Å². The average Bonchev–Trinajstić information content (AvgIpc) is 2.63. The topological polar surface area (TPSA) is 84.2 Å². The number of carbonyl (C=O) groups excluding carboxylic acids is 1. The van der Waals surface area contributed by atoms with Gasteiger partial charge in [0.1, 0.15) is 0 Å². The normalized spacial score (nSPS) is 15.3. The minimum atomic E-state index is -1.04. The van der Waals surface area contributed by atoms with Crippen molar-refractivity contribution >= 4 is 11.9 Å². The predicted octanol–water partition coefficient (Wildman–Crippen LogP) is 0.498. The van der Waals surface area contributed by atoms with Gasteiger partial charge in [-0.3, -0.25) is 4.79 Å². The van der Waals surface area contributed by atoms with Gasteiger partial charge < -0.3 is 15.0 Å². The number of hydrogen-bond acceptors (Lipinski definition) is 3. The lowest BCUT2D eigenvalue weighted by Crippen LogP contribution is -2.36. The van der Waals surface area contributed by atoms with Crippen molar-refractivity contribution < 1.29 is 14.7 Å². The Morgan fingerprint density at radius 3 is 2.82 bits per heavy atom. The third-order valence-electron chi connectivity index (χ3n) is 3.00. The van der Waals surface area contributed by atoms with E-state index in [0.717, 1.165) is 19.3 Å². The number of imidazole rings is 1. The number of carbonyl (C=O) groups is 2. The Labute approximate surface area is 98.7 Å². The lowest BCUT2D eigenvalue weighted by molar-refractivity contribution is -0.127. The van der Waals surface area contributed by atoms with E-state index >= 15 is 0 Å². The quantitative estimate of drug-likeness (QED) is 0.781. The number of carboxylic acid groups (broad SMARTS) is 1. The molecule has 2 N–H and O–H groups in total. The summed E-state index contributed by atoms with van der Waals surface area (Å²) in [7, 11) is 0. The smallest absolute Gasteiger partial charge is 0.356 e. The van der Waals surface area contributed by atoms with Crippen molar-refractivity contribution in [3.8, 4) is 0 Å². The summed E-state index contributed by atoms with van der Waals surface area (Å²) in [4.78, 5) is 25.8. The lowest BCUT2D eigenvalue weighted by atomic mass is 9.85. The maximum atomic E-state index is 11.5. The number of hydrogen-bond donors (Lipinski definition) is 2. The second-order valence-corrected chi connectivity index (χ2v) is 4.22. The van der Waals surface area contributed by atoms with Gasteiger partial charge >= 0.3 is 5.97 Å². The molecule has 1 heterocycles. The van der Waals surface area contributed by atoms with Crippen LogP contribution in [0.3, 0.4) is 0 Å². The first kappa shape index (κ1) is 11.6. The van der Waals surface area contributed by atoms with Crippen LogP contribution in [0.5, 0.6) is 0 Å². The van der Waals surface area contributed by atoms with E-state index in [-0.39, 0.29) is 17.5 Å². The second kappa shape index (κ2) is 4.99. The highest BCUT2D eigenvalue weighted by molar-refractivity contribution is 5.84. The molecule has 17 heavy (non-hydrogen) atoms. The third-order valence-corrected chi connectivity index (χ3v) is 3.00. The zero-order valence-electron chi connectivity index (χ0n) is 9.43. The molecule has 0 spiro atoms. The van der Waals surface area contributed by atoms with Gasteiger partial charge in [0.25, 0.3) is 0 Å². The Kier molecular flexibility index (Phi) is 3.41. The van der Waals surface area contributed by atoms with Gasteiger partial charge in [0.2, 0.25) is 5.91 Å². The number of aromatic nitrogens is 2. The summed E-state index contributed by atoms with van der Waals surface area (Å²) in [5, 5.41) is 11.5. The number of nitrogens with zero attached hydrogens (tertiary/aromatic N) is 2. The van der Waals surface area contributed by atoms with Crippen LogP contribution in [0.4, 0.5) is 0 Å². The molecule has 0 aromatic carbocycles. The van der Waals surface area contributed by atoms with Crippen molar-refractivity contribution in [1.82, 2.24) is 14.9 Å². The first-order valence-corrected chi connectivity index (χ1v) is 5.69. The first-order valence-electron chi connectivity index (χ1n) is 5.69. The van der Waals surface area contributed by atoms with Crippen molar-refractivity contribution in [3.63, 3.8) is 0 Å². The van der Waals surface area contributed by atoms with Crippen molar-refractivity contribution in [2.75, 3.05) is 6.54 Å². The zero-order chi connectivity index (χ0) is 12.3. The molecule has 6 nitrogen and oxygen atoms in total. The minimum absolute atomic E-state index is 0.0234. The maximum Gasteiger partial charge on any atom is 0.356 e. The van der Waals surface area contributed by atoms with Gasteiger partial charge in [-0.1, -0.05) is 6.42 Å². The van der Waals surface area contributed by atoms with E-state index in [1.165, 1.54) is 12.5 Å². The highest BCUT2D eigenvalue weighted by atomic mass is 16.4. The molecule has 92 valence electrons. The average molecular weight is 237 g/mol. The first-order chi connectivity index (χ1) is 8.16. The van der Waals surface area contributed by atoms with Crippen LogP contribution in [-0.4, -0.2) is 33.1 Å². The molecular weight excluding hydrogens is 222 g/mol. The van der Waals surface area contributed by atoms with Gasteiger partial charge in [-0.2, -0.15) is 0 Å². The summed E-state index contributed by atoms with van der Waals surface area (Å²) in [6.07, 6.45) is 6.03. The van der Waals surface area contributed by atoms with Gasteiger partial charge in [-0.25, -0.2) is 9.78 Å². The Balaban J connectivity index is 1.73. The van der Waals surface area contributed by atoms with E-state index in [4.69, 9.17) is 5.11 Å². The molecule has 1 amide bonds. The highest BCUT2D eigenvalue weighted by Crippen LogP contribution is 2.25. The Hall–Kier alpha value is -1.85. The number of amides is 1. The van der Waals surface area contributed by atoms with E-state index in [2.05, 4.69) is 10.3 Å². The number of nitrogens with one attached hydrogen (secondary N) is 1. The maximum absolute atomic E-state index is 11.5. The van der Waals surface area contributed by atoms with E-state index < -0.39 is 5.97 Å². The third kappa shape index (κ3) is 2.83. The lowest BCUT2D eigenvalue weighted by Gasteiger charge is -2.23. The van der Waals surface area contributed by atoms with E-state index in [0.29, 0.717) is 13.1 Å². The molecule has 6 heteroatoms. The van der Waals surface area contributed by atoms with Gasteiger partial charge in [0.05, 0.1) is 6.33 Å². The van der Waals surface area contributed by atoms with Crippen LogP contribution in [0.25, 0.3) is 0 Å². The van der Waals surface area contributed by atoms with Crippen molar-refractivity contribution in [2.45, 2.75) is 25.8 Å². The number of carboxylic acids is 1. The van der Waals surface area contributed by atoms with Crippen LogP contribution >= 0.6 is 0 Å². The highest BCUT2D eigenvalue weighted by Gasteiger charge is 2.24. The van der Waals surface area contributed by atoms with E-state index in [9.17, 15) is 9.59 Å². The van der Waals surface area contributed by atoms with Crippen molar-refractivity contribution in [3.05, 3.63) is 18.2 Å². The van der Waals surface area contributed by atoms with Gasteiger partial charge in [-0.15, -0.1) is 0 Å². The summed E-state index contributed by atoms with van der Waals surface area (Å²) in [5.41, 5.74) is 0.0234. The van der Waals surface area contributed by atoms with Gasteiger partial charge in [0.15, 0.2) is 5.69 Å². The summed E-state index contributed by atoms with van der Waals surface area (Å²) >= 11 is 0. The van der Waals surface area contributed by atoms with Gasteiger partial charge in [0, 0.05) is 25.2 Å². The molecule has 1 aliphatic rings. The van der Waals surface area contributed by atoms with Crippen molar-refractivity contribution in [1.29, 1.82) is 0 Å². The minimum Gasteiger partial charge on any atom is -0.476 e. The van der Waals surface area contributed by atoms with E-state index in [1.807, 2.05) is 0 Å². The molecule has 0 unspecified atom stereocenters. The molecule has 0 aliphatic heterocycles. The summed E-state index contributed by atoms with van der Waals surface area (Å²) < 4.78 is 1.66. The molecule has 1 fully saturated rings. The largest absolute Gasteiger partial charge is 0.476 e. The van der Waals surface area contributed by atoms with Crippen LogP contribution in [0, 0.1) is 5.92 Å². The van der Waals surface area contributed by atoms with Crippen LogP contribution in [0.1, 0.15) is 29.8 Å². The number of rotatable bonds is 5. The Morgan fingerprint density at radius 1 is 1.53 bits per heavy atom. The molecule has 1 saturated carbocycles. The molecule has 2 rings (SSSR count). The van der Waals surface area contributed by atoms with Crippen LogP contribution < -0.4 is 5.32 Å². The van der Waals surface area contributed by atoms with Crippen LogP contribution in [0.15, 0.2) is 12.5 Å². The predicted molar refractivity (Wildman–Crippen MR) is 59.5 cm³/mol. The summed E-state index contributed by atoms with van der Waals surface area (Å²) in [5.74, 6) is -0.746. The van der Waals surface area contributed by atoms with Crippen LogP contribution in [-0.2, 0) is 11.3 Å². The fourth-order valence-corrected chi connectivity index (χ4v) is 1.72. The molecule has 0 bridgehead atoms. The van der Waals surface area contributed by atoms with E-state index in [1.54, 1.807) is 4.57 Å². The molecule has 0 atom stereocenters. The fraction of sp³-hybridized carbons (Fsp3) is 0.545. The SMILES string of the molecule is O=C(O)c1cn(CCNC(=O)C2CCC2)cn1. The zero-order valence-corrected chi connectivity index (χ0v) is 9.43. The molecule has 1 aromatic heterocycles. The van der Waals surface area contributed by atoms with Gasteiger partial charge in [-0.05, 0) is 12.8 Å². The monoisotopic (exact) mass is 237 g/mol. The Morgan fingerprint density at radius 2 is 2.29 bits per heavy atom. The summed E-state index contributed by atoms with van der Waals surface area (Å²) in [6, 6.07) is 0. The molecule has 1 aromatic rings. The molecular formula is C11H15N3O3. The number of aromatic carboxylic acids is 1. The fourth-order valence-electron chi connectivity index (χ4n) is 1.72. The molecule has 0 saturated heterocycles. The summed E-state index contributed by atoms with van der Waals surface area (Å²) in [6.45, 7) is 1.05.